The van der Waals surface area contributed by atoms with Crippen molar-refractivity contribution in [2.75, 3.05) is 19.2 Å². The standard InChI is InChI=1S/C19H22N2O3/c1-19(2,3)13-5-6-17(24-11-23-4)14(8-13)12-7-16-15(20-10-12)9-18(22)21-16/h5-8,10H,9,11H2,1-4H3,(H,21,22). The summed E-state index contributed by atoms with van der Waals surface area (Å²) in [5, 5.41) is 2.85. The number of anilines is 1. The Kier molecular flexibility index (Phi) is 4.28. The monoisotopic (exact) mass is 326 g/mol. The van der Waals surface area contributed by atoms with Gasteiger partial charge in [0.15, 0.2) is 6.79 Å². The number of fused-ring (bicyclic) bond motifs is 1. The fourth-order valence-corrected chi connectivity index (χ4v) is 2.71. The Morgan fingerprint density at radius 3 is 2.75 bits per heavy atom. The number of nitrogens with zero attached hydrogens (tertiary/aromatic N) is 1. The highest BCUT2D eigenvalue weighted by Crippen LogP contribution is 2.36. The molecule has 0 atom stereocenters. The zero-order valence-corrected chi connectivity index (χ0v) is 14.5. The fourth-order valence-electron chi connectivity index (χ4n) is 2.71. The first kappa shape index (κ1) is 16.5. The summed E-state index contributed by atoms with van der Waals surface area (Å²) in [5.41, 5.74) is 4.63. The Labute approximate surface area is 142 Å². The van der Waals surface area contributed by atoms with Crippen LogP contribution < -0.4 is 10.1 Å². The van der Waals surface area contributed by atoms with Crippen molar-refractivity contribution >= 4 is 11.6 Å². The lowest BCUT2D eigenvalue weighted by Crippen LogP contribution is -2.11. The van der Waals surface area contributed by atoms with E-state index in [1.165, 1.54) is 5.56 Å². The van der Waals surface area contributed by atoms with Gasteiger partial charge in [0.1, 0.15) is 5.75 Å². The lowest BCUT2D eigenvalue weighted by atomic mass is 9.85. The maximum Gasteiger partial charge on any atom is 0.230 e. The third-order valence-corrected chi connectivity index (χ3v) is 4.06. The number of hydrogen-bond acceptors (Lipinski definition) is 4. The summed E-state index contributed by atoms with van der Waals surface area (Å²) in [6.07, 6.45) is 2.13. The van der Waals surface area contributed by atoms with E-state index in [0.717, 1.165) is 28.3 Å². The van der Waals surface area contributed by atoms with Gasteiger partial charge >= 0.3 is 0 Å². The van der Waals surface area contributed by atoms with Crippen LogP contribution in [-0.2, 0) is 21.4 Å². The van der Waals surface area contributed by atoms with Crippen LogP contribution in [0.25, 0.3) is 11.1 Å². The molecule has 2 heterocycles. The maximum absolute atomic E-state index is 11.5. The quantitative estimate of drug-likeness (QED) is 0.873. The molecule has 5 heteroatoms. The minimum Gasteiger partial charge on any atom is -0.467 e. The number of carbonyl (C=O) groups is 1. The van der Waals surface area contributed by atoms with Gasteiger partial charge in [0, 0.05) is 24.4 Å². The van der Waals surface area contributed by atoms with Crippen LogP contribution in [0.15, 0.2) is 30.5 Å². The van der Waals surface area contributed by atoms with Crippen LogP contribution in [0, 0.1) is 0 Å². The van der Waals surface area contributed by atoms with Crippen molar-refractivity contribution in [1.29, 1.82) is 0 Å². The lowest BCUT2D eigenvalue weighted by Gasteiger charge is -2.21. The average molecular weight is 326 g/mol. The van der Waals surface area contributed by atoms with Gasteiger partial charge in [0.25, 0.3) is 0 Å². The van der Waals surface area contributed by atoms with Gasteiger partial charge in [-0.15, -0.1) is 0 Å². The first-order valence-corrected chi connectivity index (χ1v) is 7.94. The normalized spacial score (nSPS) is 13.6. The summed E-state index contributed by atoms with van der Waals surface area (Å²) >= 11 is 0. The van der Waals surface area contributed by atoms with E-state index in [9.17, 15) is 4.79 Å². The maximum atomic E-state index is 11.5. The van der Waals surface area contributed by atoms with Gasteiger partial charge in [0.05, 0.1) is 17.8 Å². The van der Waals surface area contributed by atoms with Crippen molar-refractivity contribution < 1.29 is 14.3 Å². The van der Waals surface area contributed by atoms with Crippen LogP contribution in [0.5, 0.6) is 5.75 Å². The van der Waals surface area contributed by atoms with E-state index in [1.54, 1.807) is 13.3 Å². The molecule has 2 aromatic rings. The van der Waals surface area contributed by atoms with Crippen LogP contribution in [0.3, 0.4) is 0 Å². The second kappa shape index (κ2) is 6.24. The van der Waals surface area contributed by atoms with E-state index >= 15 is 0 Å². The number of methoxy groups -OCH3 is 1. The van der Waals surface area contributed by atoms with Crippen LogP contribution in [0.1, 0.15) is 32.0 Å². The smallest absolute Gasteiger partial charge is 0.230 e. The Hall–Kier alpha value is -2.40. The molecule has 1 aromatic carbocycles. The van der Waals surface area contributed by atoms with Crippen molar-refractivity contribution in [2.24, 2.45) is 0 Å². The molecule has 24 heavy (non-hydrogen) atoms. The summed E-state index contributed by atoms with van der Waals surface area (Å²) in [6, 6.07) is 8.09. The van der Waals surface area contributed by atoms with Crippen LogP contribution >= 0.6 is 0 Å². The minimum atomic E-state index is -0.0195. The molecule has 0 saturated heterocycles. The van der Waals surface area contributed by atoms with Crippen molar-refractivity contribution in [3.05, 3.63) is 41.7 Å². The highest BCUT2D eigenvalue weighted by molar-refractivity contribution is 5.99. The van der Waals surface area contributed by atoms with Gasteiger partial charge in [-0.2, -0.15) is 0 Å². The summed E-state index contributed by atoms with van der Waals surface area (Å²) in [4.78, 5) is 16.0. The molecule has 0 spiro atoms. The van der Waals surface area contributed by atoms with Crippen molar-refractivity contribution in [2.45, 2.75) is 32.6 Å². The third-order valence-electron chi connectivity index (χ3n) is 4.06. The number of rotatable bonds is 4. The molecule has 0 bridgehead atoms. The molecule has 126 valence electrons. The van der Waals surface area contributed by atoms with Gasteiger partial charge in [-0.25, -0.2) is 0 Å². The number of aromatic nitrogens is 1. The zero-order valence-electron chi connectivity index (χ0n) is 14.5. The Morgan fingerprint density at radius 2 is 2.04 bits per heavy atom. The summed E-state index contributed by atoms with van der Waals surface area (Å²) in [6.45, 7) is 6.69. The van der Waals surface area contributed by atoms with Crippen molar-refractivity contribution in [3.8, 4) is 16.9 Å². The molecule has 1 aromatic heterocycles. The predicted octanol–water partition coefficient (Wildman–Crippen LogP) is 3.52. The van der Waals surface area contributed by atoms with Gasteiger partial charge < -0.3 is 14.8 Å². The van der Waals surface area contributed by atoms with Crippen LogP contribution in [-0.4, -0.2) is 24.8 Å². The fraction of sp³-hybridized carbons (Fsp3) is 0.368. The second-order valence-corrected chi connectivity index (χ2v) is 6.96. The van der Waals surface area contributed by atoms with Crippen molar-refractivity contribution in [3.63, 3.8) is 0 Å². The van der Waals surface area contributed by atoms with Gasteiger partial charge in [0.2, 0.25) is 5.91 Å². The van der Waals surface area contributed by atoms with Gasteiger partial charge in [-0.05, 0) is 29.2 Å². The highest BCUT2D eigenvalue weighted by Gasteiger charge is 2.21. The number of nitrogens with one attached hydrogen (secondary N) is 1. The average Bonchev–Trinajstić information content (AvgIpc) is 2.90. The minimum absolute atomic E-state index is 0.0195. The van der Waals surface area contributed by atoms with Gasteiger partial charge in [-0.3, -0.25) is 9.78 Å². The Bertz CT molecular complexity index is 779. The van der Waals surface area contributed by atoms with E-state index in [2.05, 4.69) is 43.2 Å². The Balaban J connectivity index is 2.07. The molecule has 3 rings (SSSR count). The second-order valence-electron chi connectivity index (χ2n) is 6.96. The molecule has 0 aliphatic carbocycles. The van der Waals surface area contributed by atoms with E-state index in [4.69, 9.17) is 9.47 Å². The SMILES string of the molecule is COCOc1ccc(C(C)(C)C)cc1-c1cnc2c(c1)NC(=O)C2. The van der Waals surface area contributed by atoms with E-state index < -0.39 is 0 Å². The molecule has 0 fully saturated rings. The largest absolute Gasteiger partial charge is 0.467 e. The number of ether oxygens (including phenoxy) is 2. The summed E-state index contributed by atoms with van der Waals surface area (Å²) in [5.74, 6) is 0.713. The Morgan fingerprint density at radius 1 is 1.25 bits per heavy atom. The molecule has 1 aliphatic heterocycles. The van der Waals surface area contributed by atoms with E-state index in [0.29, 0.717) is 6.42 Å². The molecular formula is C19H22N2O3. The first-order valence-electron chi connectivity index (χ1n) is 7.94. The topological polar surface area (TPSA) is 60.5 Å². The summed E-state index contributed by atoms with van der Waals surface area (Å²) < 4.78 is 10.7. The number of benzene rings is 1. The molecular weight excluding hydrogens is 304 g/mol. The number of hydrogen-bond donors (Lipinski definition) is 1. The highest BCUT2D eigenvalue weighted by atomic mass is 16.7. The molecule has 1 aliphatic rings. The van der Waals surface area contributed by atoms with Gasteiger partial charge in [-0.1, -0.05) is 26.8 Å². The molecule has 1 N–H and O–H groups in total. The summed E-state index contributed by atoms with van der Waals surface area (Å²) in [7, 11) is 1.59. The van der Waals surface area contributed by atoms with Crippen LogP contribution in [0.4, 0.5) is 5.69 Å². The number of carbonyl (C=O) groups excluding carboxylic acids is 1. The molecule has 0 unspecified atom stereocenters. The van der Waals surface area contributed by atoms with Crippen molar-refractivity contribution in [1.82, 2.24) is 4.98 Å². The number of pyridine rings is 1. The predicted molar refractivity (Wildman–Crippen MR) is 93.2 cm³/mol. The zero-order chi connectivity index (χ0) is 17.3. The lowest BCUT2D eigenvalue weighted by molar-refractivity contribution is -0.115. The van der Waals surface area contributed by atoms with E-state index in [1.807, 2.05) is 12.1 Å². The first-order chi connectivity index (χ1) is 11.4. The van der Waals surface area contributed by atoms with E-state index in [-0.39, 0.29) is 18.1 Å². The van der Waals surface area contributed by atoms with Crippen LogP contribution in [0.2, 0.25) is 0 Å². The molecule has 0 saturated carbocycles. The molecule has 0 radical (unpaired) electrons. The number of amides is 1. The molecule has 5 nitrogen and oxygen atoms in total. The molecule has 1 amide bonds. The third kappa shape index (κ3) is 3.26.